The number of aromatic amines is 1. The Bertz CT molecular complexity index is 1250. The minimum absolute atomic E-state index is 0.0621. The Morgan fingerprint density at radius 2 is 1.88 bits per heavy atom. The van der Waals surface area contributed by atoms with Crippen LogP contribution >= 0.6 is 11.6 Å². The van der Waals surface area contributed by atoms with Crippen LogP contribution in [-0.2, 0) is 14.4 Å². The zero-order valence-corrected chi connectivity index (χ0v) is 18.9. The molecule has 1 fully saturated rings. The van der Waals surface area contributed by atoms with Gasteiger partial charge in [-0.15, -0.1) is 0 Å². The summed E-state index contributed by atoms with van der Waals surface area (Å²) in [6.07, 6.45) is 3.34. The number of carbonyl (C=O) groups is 4. The van der Waals surface area contributed by atoms with Crippen LogP contribution in [-0.4, -0.2) is 46.4 Å². The minimum Gasteiger partial charge on any atom is -0.481 e. The molecule has 1 aromatic heterocycles. The number of aromatic nitrogens is 1. The molecule has 1 atom stereocenters. The van der Waals surface area contributed by atoms with Crippen molar-refractivity contribution in [2.24, 2.45) is 0 Å². The molecular formula is C24H23ClN4O5. The van der Waals surface area contributed by atoms with Gasteiger partial charge in [-0.05, 0) is 49.2 Å². The number of fused-ring (bicyclic) bond motifs is 1. The highest BCUT2D eigenvalue weighted by molar-refractivity contribution is 6.35. The fourth-order valence-corrected chi connectivity index (χ4v) is 4.11. The molecule has 1 saturated heterocycles. The highest BCUT2D eigenvalue weighted by Gasteiger charge is 2.25. The first-order chi connectivity index (χ1) is 16.3. The number of nitrogens with zero attached hydrogens (tertiary/aromatic N) is 1. The lowest BCUT2D eigenvalue weighted by Crippen LogP contribution is -2.45. The normalized spacial score (nSPS) is 14.6. The van der Waals surface area contributed by atoms with E-state index in [0.717, 1.165) is 23.9 Å². The number of anilines is 2. The van der Waals surface area contributed by atoms with Gasteiger partial charge in [0.1, 0.15) is 6.04 Å². The van der Waals surface area contributed by atoms with Crippen molar-refractivity contribution in [1.82, 2.24) is 10.3 Å². The lowest BCUT2D eigenvalue weighted by Gasteiger charge is -2.27. The molecule has 0 saturated carbocycles. The summed E-state index contributed by atoms with van der Waals surface area (Å²) in [5.74, 6) is -2.42. The molecule has 0 spiro atoms. The van der Waals surface area contributed by atoms with E-state index in [-0.39, 0.29) is 11.5 Å². The number of hydrogen-bond donors (Lipinski definition) is 4. The predicted octanol–water partition coefficient (Wildman–Crippen LogP) is 3.55. The Balaban J connectivity index is 1.45. The quantitative estimate of drug-likeness (QED) is 0.409. The average Bonchev–Trinajstić information content (AvgIpc) is 3.19. The van der Waals surface area contributed by atoms with Gasteiger partial charge in [0.15, 0.2) is 0 Å². The van der Waals surface area contributed by atoms with Gasteiger partial charge in [0.25, 0.3) is 5.91 Å². The number of halogens is 1. The zero-order valence-electron chi connectivity index (χ0n) is 18.1. The minimum atomic E-state index is -1.30. The third-order valence-electron chi connectivity index (χ3n) is 5.66. The maximum Gasteiger partial charge on any atom is 0.305 e. The molecule has 34 heavy (non-hydrogen) atoms. The first-order valence-corrected chi connectivity index (χ1v) is 11.2. The number of H-pyrrole nitrogens is 1. The van der Waals surface area contributed by atoms with Crippen molar-refractivity contribution in [2.45, 2.75) is 31.7 Å². The number of nitrogens with one attached hydrogen (secondary N) is 3. The number of carbonyl (C=O) groups excluding carboxylic acids is 3. The largest absolute Gasteiger partial charge is 0.481 e. The molecule has 1 aliphatic heterocycles. The van der Waals surface area contributed by atoms with Gasteiger partial charge in [0.05, 0.1) is 11.4 Å². The van der Waals surface area contributed by atoms with Gasteiger partial charge in [-0.1, -0.05) is 17.7 Å². The highest BCUT2D eigenvalue weighted by atomic mass is 35.5. The Labute approximate surface area is 200 Å². The van der Waals surface area contributed by atoms with Crippen LogP contribution in [0.5, 0.6) is 0 Å². The summed E-state index contributed by atoms with van der Waals surface area (Å²) in [6.45, 7) is 0.651. The number of aliphatic carboxylic acids is 1. The molecule has 3 amide bonds. The molecule has 176 valence electrons. The van der Waals surface area contributed by atoms with E-state index in [2.05, 4.69) is 15.6 Å². The van der Waals surface area contributed by atoms with E-state index in [9.17, 15) is 24.3 Å². The van der Waals surface area contributed by atoms with Crippen LogP contribution in [0.1, 0.15) is 36.0 Å². The standard InChI is InChI=1S/C24H23ClN4O5/c25-18-13-26-19-11-14(4-9-17(18)19)23(33)28-20(12-22(31)32)24(34)27-15-5-7-16(8-6-15)29-10-2-1-3-21(29)30/h4-9,11,13,20,26H,1-3,10,12H2,(H,27,34)(H,28,33)(H,31,32). The number of rotatable bonds is 7. The average molecular weight is 483 g/mol. The molecular weight excluding hydrogens is 460 g/mol. The van der Waals surface area contributed by atoms with E-state index >= 15 is 0 Å². The predicted molar refractivity (Wildman–Crippen MR) is 128 cm³/mol. The van der Waals surface area contributed by atoms with Gasteiger partial charge < -0.3 is 25.6 Å². The molecule has 0 bridgehead atoms. The maximum atomic E-state index is 12.8. The number of benzene rings is 2. The van der Waals surface area contributed by atoms with Crippen molar-refractivity contribution >= 4 is 57.6 Å². The van der Waals surface area contributed by atoms with Crippen molar-refractivity contribution in [2.75, 3.05) is 16.8 Å². The summed E-state index contributed by atoms with van der Waals surface area (Å²) in [6, 6.07) is 10.2. The summed E-state index contributed by atoms with van der Waals surface area (Å²) in [5.41, 5.74) is 2.05. The van der Waals surface area contributed by atoms with Crippen molar-refractivity contribution in [3.63, 3.8) is 0 Å². The fourth-order valence-electron chi connectivity index (χ4n) is 3.89. The van der Waals surface area contributed by atoms with E-state index in [1.807, 2.05) is 0 Å². The summed E-state index contributed by atoms with van der Waals surface area (Å²) in [4.78, 5) is 53.6. The smallest absolute Gasteiger partial charge is 0.305 e. The summed E-state index contributed by atoms with van der Waals surface area (Å²) in [5, 5.41) is 15.6. The van der Waals surface area contributed by atoms with E-state index in [4.69, 9.17) is 11.6 Å². The second-order valence-corrected chi connectivity index (χ2v) is 8.47. The van der Waals surface area contributed by atoms with Crippen LogP contribution in [0.4, 0.5) is 11.4 Å². The van der Waals surface area contributed by atoms with Crippen molar-refractivity contribution in [1.29, 1.82) is 0 Å². The third-order valence-corrected chi connectivity index (χ3v) is 5.98. The van der Waals surface area contributed by atoms with Gasteiger partial charge in [0, 0.05) is 47.0 Å². The van der Waals surface area contributed by atoms with E-state index in [1.165, 1.54) is 0 Å². The number of carboxylic acids is 1. The fraction of sp³-hybridized carbons (Fsp3) is 0.250. The van der Waals surface area contributed by atoms with E-state index in [0.29, 0.717) is 29.2 Å². The second-order valence-electron chi connectivity index (χ2n) is 8.06. The number of hydrogen-bond acceptors (Lipinski definition) is 4. The van der Waals surface area contributed by atoms with Gasteiger partial charge in [-0.25, -0.2) is 0 Å². The number of piperidine rings is 1. The Morgan fingerprint density at radius 1 is 1.12 bits per heavy atom. The summed E-state index contributed by atoms with van der Waals surface area (Å²) >= 11 is 6.06. The van der Waals surface area contributed by atoms with Gasteiger partial charge in [0.2, 0.25) is 11.8 Å². The van der Waals surface area contributed by atoms with Crippen LogP contribution in [0.25, 0.3) is 10.9 Å². The maximum absolute atomic E-state index is 12.8. The Morgan fingerprint density at radius 3 is 2.59 bits per heavy atom. The molecule has 4 N–H and O–H groups in total. The van der Waals surface area contributed by atoms with Crippen LogP contribution < -0.4 is 15.5 Å². The number of amides is 3. The van der Waals surface area contributed by atoms with Crippen molar-refractivity contribution in [3.8, 4) is 0 Å². The first-order valence-electron chi connectivity index (χ1n) is 10.8. The molecule has 0 aliphatic carbocycles. The molecule has 2 heterocycles. The Hall–Kier alpha value is -3.85. The van der Waals surface area contributed by atoms with E-state index in [1.54, 1.807) is 53.6 Å². The summed E-state index contributed by atoms with van der Waals surface area (Å²) in [7, 11) is 0. The monoisotopic (exact) mass is 482 g/mol. The molecule has 3 aromatic rings. The lowest BCUT2D eigenvalue weighted by molar-refractivity contribution is -0.139. The molecule has 9 nitrogen and oxygen atoms in total. The Kier molecular flexibility index (Phi) is 6.83. The molecule has 2 aromatic carbocycles. The highest BCUT2D eigenvalue weighted by Crippen LogP contribution is 2.24. The topological polar surface area (TPSA) is 132 Å². The summed E-state index contributed by atoms with van der Waals surface area (Å²) < 4.78 is 0. The lowest BCUT2D eigenvalue weighted by atomic mass is 10.1. The van der Waals surface area contributed by atoms with E-state index < -0.39 is 30.2 Å². The molecule has 1 unspecified atom stereocenters. The second kappa shape index (κ2) is 9.96. The van der Waals surface area contributed by atoms with Gasteiger partial charge in [-0.3, -0.25) is 19.2 Å². The van der Waals surface area contributed by atoms with Gasteiger partial charge >= 0.3 is 5.97 Å². The molecule has 10 heteroatoms. The van der Waals surface area contributed by atoms with Crippen LogP contribution in [0.2, 0.25) is 5.02 Å². The van der Waals surface area contributed by atoms with Crippen molar-refractivity contribution < 1.29 is 24.3 Å². The third kappa shape index (κ3) is 5.20. The number of carboxylic acid groups (broad SMARTS) is 1. The van der Waals surface area contributed by atoms with Crippen LogP contribution in [0, 0.1) is 0 Å². The SMILES string of the molecule is O=C(O)CC(NC(=O)c1ccc2c(Cl)c[nH]c2c1)C(=O)Nc1ccc(N2CCCCC2=O)cc1. The molecule has 1 aliphatic rings. The zero-order chi connectivity index (χ0) is 24.2. The molecule has 0 radical (unpaired) electrons. The van der Waals surface area contributed by atoms with Crippen LogP contribution in [0.15, 0.2) is 48.7 Å². The molecule has 4 rings (SSSR count). The van der Waals surface area contributed by atoms with Gasteiger partial charge in [-0.2, -0.15) is 0 Å². The first kappa shape index (κ1) is 23.3. The van der Waals surface area contributed by atoms with Crippen LogP contribution in [0.3, 0.4) is 0 Å². The van der Waals surface area contributed by atoms with Crippen molar-refractivity contribution in [3.05, 3.63) is 59.2 Å².